The van der Waals surface area contributed by atoms with Crippen molar-refractivity contribution in [1.82, 2.24) is 5.32 Å². The maximum atomic E-state index is 12.0. The molecule has 1 aliphatic rings. The molecule has 2 N–H and O–H groups in total. The maximum absolute atomic E-state index is 12.0. The molecule has 0 unspecified atom stereocenters. The van der Waals surface area contributed by atoms with Crippen molar-refractivity contribution in [2.24, 2.45) is 11.3 Å². The van der Waals surface area contributed by atoms with Crippen LogP contribution in [0, 0.1) is 11.3 Å². The van der Waals surface area contributed by atoms with Crippen LogP contribution < -0.4 is 10.1 Å². The van der Waals surface area contributed by atoms with Crippen LogP contribution in [0.2, 0.25) is 0 Å². The largest absolute Gasteiger partial charge is 0.494 e. The molecule has 2 rings (SSSR count). The summed E-state index contributed by atoms with van der Waals surface area (Å²) in [5.74, 6) is 0.249. The quantitative estimate of drug-likeness (QED) is 0.774. The number of carboxylic acid groups (broad SMARTS) is 1. The zero-order valence-corrected chi connectivity index (χ0v) is 13.1. The van der Waals surface area contributed by atoms with Gasteiger partial charge in [0.25, 0.3) is 5.91 Å². The Morgan fingerprint density at radius 3 is 2.41 bits per heavy atom. The second-order valence-corrected chi connectivity index (χ2v) is 6.32. The lowest BCUT2D eigenvalue weighted by Crippen LogP contribution is -2.34. The maximum Gasteiger partial charge on any atom is 0.311 e. The number of rotatable bonds is 8. The number of benzene rings is 1. The van der Waals surface area contributed by atoms with Gasteiger partial charge in [-0.2, -0.15) is 0 Å². The summed E-state index contributed by atoms with van der Waals surface area (Å²) in [5, 5.41) is 11.8. The summed E-state index contributed by atoms with van der Waals surface area (Å²) < 4.78 is 5.60. The third-order valence-corrected chi connectivity index (χ3v) is 3.97. The van der Waals surface area contributed by atoms with E-state index in [1.165, 1.54) is 0 Å². The average molecular weight is 305 g/mol. The Morgan fingerprint density at radius 1 is 1.27 bits per heavy atom. The van der Waals surface area contributed by atoms with Gasteiger partial charge >= 0.3 is 5.97 Å². The molecule has 0 heterocycles. The molecular formula is C17H23NO4. The van der Waals surface area contributed by atoms with Gasteiger partial charge in [-0.1, -0.05) is 13.8 Å². The van der Waals surface area contributed by atoms with E-state index >= 15 is 0 Å². The molecule has 22 heavy (non-hydrogen) atoms. The number of hydrogen-bond donors (Lipinski definition) is 2. The van der Waals surface area contributed by atoms with Gasteiger partial charge < -0.3 is 15.2 Å². The van der Waals surface area contributed by atoms with Crippen LogP contribution in [0.3, 0.4) is 0 Å². The average Bonchev–Trinajstić information content (AvgIpc) is 3.26. The van der Waals surface area contributed by atoms with Crippen LogP contribution in [0.1, 0.15) is 43.5 Å². The Labute approximate surface area is 130 Å². The minimum Gasteiger partial charge on any atom is -0.494 e. The molecule has 0 radical (unpaired) electrons. The highest BCUT2D eigenvalue weighted by atomic mass is 16.5. The fourth-order valence-electron chi connectivity index (χ4n) is 2.08. The molecule has 0 aromatic heterocycles. The van der Waals surface area contributed by atoms with E-state index in [2.05, 4.69) is 19.2 Å². The minimum atomic E-state index is -0.832. The van der Waals surface area contributed by atoms with E-state index in [4.69, 9.17) is 9.84 Å². The fourth-order valence-corrected chi connectivity index (χ4v) is 2.08. The zero-order chi connectivity index (χ0) is 16.2. The normalized spacial score (nSPS) is 15.4. The Morgan fingerprint density at radius 2 is 1.91 bits per heavy atom. The molecule has 0 atom stereocenters. The van der Waals surface area contributed by atoms with Crippen LogP contribution in [-0.2, 0) is 4.79 Å². The smallest absolute Gasteiger partial charge is 0.311 e. The lowest BCUT2D eigenvalue weighted by Gasteiger charge is -2.12. The summed E-state index contributed by atoms with van der Waals surface area (Å²) in [7, 11) is 0. The predicted molar refractivity (Wildman–Crippen MR) is 83.0 cm³/mol. The first-order valence-electron chi connectivity index (χ1n) is 7.67. The van der Waals surface area contributed by atoms with Crippen LogP contribution in [0.25, 0.3) is 0 Å². The molecule has 1 amide bonds. The molecule has 1 aromatic rings. The predicted octanol–water partition coefficient (Wildman–Crippen LogP) is 2.71. The second-order valence-electron chi connectivity index (χ2n) is 6.32. The van der Waals surface area contributed by atoms with E-state index in [0.717, 1.165) is 12.2 Å². The van der Waals surface area contributed by atoms with Crippen molar-refractivity contribution in [2.45, 2.75) is 33.1 Å². The Balaban J connectivity index is 1.82. The van der Waals surface area contributed by atoms with Gasteiger partial charge in [0, 0.05) is 12.1 Å². The van der Waals surface area contributed by atoms with Gasteiger partial charge in [-0.3, -0.25) is 9.59 Å². The van der Waals surface area contributed by atoms with Crippen LogP contribution >= 0.6 is 0 Å². The van der Waals surface area contributed by atoms with Gasteiger partial charge in [0.1, 0.15) is 5.75 Å². The lowest BCUT2D eigenvalue weighted by molar-refractivity contribution is -0.143. The first-order chi connectivity index (χ1) is 10.4. The highest BCUT2D eigenvalue weighted by Crippen LogP contribution is 2.45. The molecule has 1 saturated carbocycles. The van der Waals surface area contributed by atoms with E-state index in [-0.39, 0.29) is 12.5 Å². The lowest BCUT2D eigenvalue weighted by atomic mass is 10.1. The fraction of sp³-hybridized carbons (Fsp3) is 0.529. The van der Waals surface area contributed by atoms with Crippen molar-refractivity contribution in [1.29, 1.82) is 0 Å². The molecule has 1 aliphatic carbocycles. The van der Waals surface area contributed by atoms with E-state index in [1.54, 1.807) is 24.3 Å². The van der Waals surface area contributed by atoms with Crippen LogP contribution in [0.4, 0.5) is 0 Å². The number of amides is 1. The van der Waals surface area contributed by atoms with Crippen LogP contribution in [-0.4, -0.2) is 30.1 Å². The Kier molecular flexibility index (Phi) is 5.06. The molecule has 0 saturated heterocycles. The van der Waals surface area contributed by atoms with Gasteiger partial charge in [0.2, 0.25) is 0 Å². The number of nitrogens with one attached hydrogen (secondary N) is 1. The summed E-state index contributed by atoms with van der Waals surface area (Å²) >= 11 is 0. The minimum absolute atomic E-state index is 0.188. The molecule has 0 spiro atoms. The van der Waals surface area contributed by atoms with Crippen molar-refractivity contribution >= 4 is 11.9 Å². The second kappa shape index (κ2) is 6.81. The van der Waals surface area contributed by atoms with Gasteiger partial charge in [-0.15, -0.1) is 0 Å². The topological polar surface area (TPSA) is 75.6 Å². The van der Waals surface area contributed by atoms with Crippen molar-refractivity contribution in [3.63, 3.8) is 0 Å². The number of carboxylic acids is 1. The number of carbonyl (C=O) groups is 2. The summed E-state index contributed by atoms with van der Waals surface area (Å²) in [5.41, 5.74) is -0.229. The number of ether oxygens (including phenoxy) is 1. The molecule has 1 fully saturated rings. The molecule has 120 valence electrons. The molecule has 1 aromatic carbocycles. The first kappa shape index (κ1) is 16.3. The van der Waals surface area contributed by atoms with Gasteiger partial charge in [0.05, 0.1) is 12.0 Å². The molecule has 0 bridgehead atoms. The van der Waals surface area contributed by atoms with E-state index in [9.17, 15) is 9.59 Å². The summed E-state index contributed by atoms with van der Waals surface area (Å²) in [6, 6.07) is 6.92. The molecule has 0 aliphatic heterocycles. The van der Waals surface area contributed by atoms with Gasteiger partial charge in [-0.05, 0) is 49.4 Å². The van der Waals surface area contributed by atoms with Crippen molar-refractivity contribution < 1.29 is 19.4 Å². The third kappa shape index (κ3) is 4.23. The molecular weight excluding hydrogens is 282 g/mol. The van der Waals surface area contributed by atoms with Crippen LogP contribution in [0.15, 0.2) is 24.3 Å². The monoisotopic (exact) mass is 305 g/mol. The van der Waals surface area contributed by atoms with E-state index in [1.807, 2.05) is 0 Å². The highest BCUT2D eigenvalue weighted by molar-refractivity contribution is 5.94. The number of aliphatic carboxylic acids is 1. The Hall–Kier alpha value is -2.04. The summed E-state index contributed by atoms with van der Waals surface area (Å²) in [4.78, 5) is 23.1. The molecule has 5 heteroatoms. The number of carbonyl (C=O) groups excluding carboxylic acids is 1. The van der Waals surface area contributed by atoms with E-state index in [0.29, 0.717) is 30.9 Å². The van der Waals surface area contributed by atoms with Gasteiger partial charge in [0.15, 0.2) is 0 Å². The Bertz CT molecular complexity index is 532. The van der Waals surface area contributed by atoms with E-state index < -0.39 is 11.4 Å². The van der Waals surface area contributed by atoms with Crippen molar-refractivity contribution in [3.05, 3.63) is 29.8 Å². The van der Waals surface area contributed by atoms with Crippen LogP contribution in [0.5, 0.6) is 5.75 Å². The summed E-state index contributed by atoms with van der Waals surface area (Å²) in [6.45, 7) is 5.12. The highest BCUT2D eigenvalue weighted by Gasteiger charge is 2.50. The van der Waals surface area contributed by atoms with Crippen molar-refractivity contribution in [3.8, 4) is 5.75 Å². The van der Waals surface area contributed by atoms with Gasteiger partial charge in [-0.25, -0.2) is 0 Å². The SMILES string of the molecule is CC(C)CCOc1ccc(C(=O)NCC2(C(=O)O)CC2)cc1. The van der Waals surface area contributed by atoms with Crippen molar-refractivity contribution in [2.75, 3.05) is 13.2 Å². The number of hydrogen-bond acceptors (Lipinski definition) is 3. The molecule has 5 nitrogen and oxygen atoms in total. The zero-order valence-electron chi connectivity index (χ0n) is 13.1. The standard InChI is InChI=1S/C17H23NO4/c1-12(2)7-10-22-14-5-3-13(4-6-14)15(19)18-11-17(8-9-17)16(20)21/h3-6,12H,7-11H2,1-2H3,(H,18,19)(H,20,21). The summed E-state index contributed by atoms with van der Waals surface area (Å²) in [6.07, 6.45) is 2.25. The third-order valence-electron chi connectivity index (χ3n) is 3.97. The first-order valence-corrected chi connectivity index (χ1v) is 7.67.